The second-order valence-electron chi connectivity index (χ2n) is 6.56. The molecule has 2 aromatic carbocycles. The van der Waals surface area contributed by atoms with E-state index < -0.39 is 0 Å². The molecule has 0 aromatic heterocycles. The number of carbonyl (C=O) groups is 1. The highest BCUT2D eigenvalue weighted by atomic mass is 35.5. The number of piperidine rings is 1. The van der Waals surface area contributed by atoms with Crippen molar-refractivity contribution in [3.05, 3.63) is 64.7 Å². The van der Waals surface area contributed by atoms with Crippen molar-refractivity contribution >= 4 is 23.2 Å². The summed E-state index contributed by atoms with van der Waals surface area (Å²) in [7, 11) is 0. The van der Waals surface area contributed by atoms with Gasteiger partial charge in [0.1, 0.15) is 0 Å². The molecule has 1 saturated heterocycles. The first-order chi connectivity index (χ1) is 11.6. The van der Waals surface area contributed by atoms with Crippen molar-refractivity contribution in [3.63, 3.8) is 0 Å². The van der Waals surface area contributed by atoms with Crippen molar-refractivity contribution in [3.8, 4) is 0 Å². The van der Waals surface area contributed by atoms with Crippen LogP contribution in [0.1, 0.15) is 24.0 Å². The summed E-state index contributed by atoms with van der Waals surface area (Å²) in [6, 6.07) is 15.9. The molecular formula is C20H23ClN2O. The minimum absolute atomic E-state index is 0.0485. The van der Waals surface area contributed by atoms with Crippen LogP contribution in [-0.2, 0) is 11.3 Å². The second kappa shape index (κ2) is 7.82. The van der Waals surface area contributed by atoms with Gasteiger partial charge in [-0.15, -0.1) is 0 Å². The molecule has 1 aliphatic heterocycles. The van der Waals surface area contributed by atoms with E-state index in [4.69, 9.17) is 11.6 Å². The number of anilines is 1. The monoisotopic (exact) mass is 342 g/mol. The van der Waals surface area contributed by atoms with Crippen LogP contribution in [0.3, 0.4) is 0 Å². The lowest BCUT2D eigenvalue weighted by Gasteiger charge is -2.32. The Morgan fingerprint density at radius 2 is 1.88 bits per heavy atom. The highest BCUT2D eigenvalue weighted by molar-refractivity contribution is 6.30. The highest BCUT2D eigenvalue weighted by Gasteiger charge is 2.25. The van der Waals surface area contributed by atoms with Crippen LogP contribution in [0.2, 0.25) is 5.02 Å². The lowest BCUT2D eigenvalue weighted by molar-refractivity contribution is -0.121. The first-order valence-corrected chi connectivity index (χ1v) is 8.82. The van der Waals surface area contributed by atoms with Crippen LogP contribution < -0.4 is 5.32 Å². The number of likely N-dealkylation sites (tertiary alicyclic amines) is 1. The number of nitrogens with one attached hydrogen (secondary N) is 1. The zero-order valence-electron chi connectivity index (χ0n) is 14.0. The maximum atomic E-state index is 12.5. The van der Waals surface area contributed by atoms with Gasteiger partial charge < -0.3 is 5.32 Å². The van der Waals surface area contributed by atoms with Crippen LogP contribution in [-0.4, -0.2) is 23.9 Å². The van der Waals surface area contributed by atoms with E-state index in [1.54, 1.807) is 0 Å². The highest BCUT2D eigenvalue weighted by Crippen LogP contribution is 2.21. The van der Waals surface area contributed by atoms with Crippen LogP contribution in [0.5, 0.6) is 0 Å². The predicted octanol–water partition coefficient (Wildman–Crippen LogP) is 4.50. The van der Waals surface area contributed by atoms with E-state index in [9.17, 15) is 4.79 Å². The Morgan fingerprint density at radius 1 is 1.17 bits per heavy atom. The fourth-order valence-electron chi connectivity index (χ4n) is 3.14. The predicted molar refractivity (Wildman–Crippen MR) is 99.3 cm³/mol. The topological polar surface area (TPSA) is 32.3 Å². The maximum Gasteiger partial charge on any atom is 0.228 e. The quantitative estimate of drug-likeness (QED) is 0.887. The second-order valence-corrected chi connectivity index (χ2v) is 6.99. The number of nitrogens with zero attached hydrogens (tertiary/aromatic N) is 1. The van der Waals surface area contributed by atoms with Crippen molar-refractivity contribution in [2.75, 3.05) is 18.4 Å². The molecule has 3 rings (SSSR count). The fourth-order valence-corrected chi connectivity index (χ4v) is 3.27. The Kier molecular flexibility index (Phi) is 5.54. The molecule has 3 nitrogen and oxygen atoms in total. The molecule has 0 bridgehead atoms. The van der Waals surface area contributed by atoms with Gasteiger partial charge in [-0.2, -0.15) is 0 Å². The summed E-state index contributed by atoms with van der Waals surface area (Å²) in [5.41, 5.74) is 3.30. The molecule has 1 amide bonds. The van der Waals surface area contributed by atoms with Gasteiger partial charge in [0.05, 0.1) is 5.92 Å². The van der Waals surface area contributed by atoms with Crippen LogP contribution in [0, 0.1) is 12.8 Å². The van der Waals surface area contributed by atoms with Gasteiger partial charge in [0, 0.05) is 23.8 Å². The zero-order chi connectivity index (χ0) is 16.9. The van der Waals surface area contributed by atoms with E-state index >= 15 is 0 Å². The molecular weight excluding hydrogens is 320 g/mol. The molecule has 24 heavy (non-hydrogen) atoms. The Bertz CT molecular complexity index is 682. The standard InChI is InChI=1S/C20H23ClN2O/c1-15-4-10-19(11-5-15)22-20(24)17-3-2-12-23(14-17)13-16-6-8-18(21)9-7-16/h4-11,17H,2-3,12-14H2,1H3,(H,22,24)/t17-/m0/s1. The van der Waals surface area contributed by atoms with E-state index in [-0.39, 0.29) is 11.8 Å². The van der Waals surface area contributed by atoms with E-state index in [1.165, 1.54) is 11.1 Å². The van der Waals surface area contributed by atoms with Crippen LogP contribution in [0.4, 0.5) is 5.69 Å². The van der Waals surface area contributed by atoms with Gasteiger partial charge >= 0.3 is 0 Å². The Hall–Kier alpha value is -1.84. The van der Waals surface area contributed by atoms with E-state index in [1.807, 2.05) is 43.3 Å². The van der Waals surface area contributed by atoms with Gasteiger partial charge in [-0.25, -0.2) is 0 Å². The third-order valence-corrected chi connectivity index (χ3v) is 4.77. The molecule has 126 valence electrons. The molecule has 1 fully saturated rings. The maximum absolute atomic E-state index is 12.5. The van der Waals surface area contributed by atoms with E-state index in [2.05, 4.69) is 22.3 Å². The molecule has 1 heterocycles. The summed E-state index contributed by atoms with van der Waals surface area (Å²) >= 11 is 5.94. The average molecular weight is 343 g/mol. The van der Waals surface area contributed by atoms with Crippen molar-refractivity contribution in [2.24, 2.45) is 5.92 Å². The zero-order valence-corrected chi connectivity index (χ0v) is 14.7. The van der Waals surface area contributed by atoms with Crippen LogP contribution >= 0.6 is 11.6 Å². The van der Waals surface area contributed by atoms with Crippen molar-refractivity contribution < 1.29 is 4.79 Å². The molecule has 0 aliphatic carbocycles. The number of benzene rings is 2. The Morgan fingerprint density at radius 3 is 2.58 bits per heavy atom. The molecule has 1 N–H and O–H groups in total. The minimum Gasteiger partial charge on any atom is -0.326 e. The molecule has 0 saturated carbocycles. The molecule has 0 unspecified atom stereocenters. The number of amides is 1. The normalized spacial score (nSPS) is 18.3. The Balaban J connectivity index is 1.57. The van der Waals surface area contributed by atoms with Crippen molar-refractivity contribution in [1.82, 2.24) is 4.90 Å². The molecule has 0 radical (unpaired) electrons. The van der Waals surface area contributed by atoms with Gasteiger partial charge in [-0.05, 0) is 56.1 Å². The number of aryl methyl sites for hydroxylation is 1. The van der Waals surface area contributed by atoms with Crippen molar-refractivity contribution in [1.29, 1.82) is 0 Å². The first kappa shape index (κ1) is 17.0. The third-order valence-electron chi connectivity index (χ3n) is 4.51. The summed E-state index contributed by atoms with van der Waals surface area (Å²) in [5, 5.41) is 3.80. The number of carbonyl (C=O) groups excluding carboxylic acids is 1. The molecule has 4 heteroatoms. The molecule has 1 atom stereocenters. The average Bonchev–Trinajstić information content (AvgIpc) is 2.59. The number of hydrogen-bond donors (Lipinski definition) is 1. The first-order valence-electron chi connectivity index (χ1n) is 8.44. The van der Waals surface area contributed by atoms with E-state index in [0.717, 1.165) is 43.2 Å². The lowest BCUT2D eigenvalue weighted by Crippen LogP contribution is -2.40. The number of halogens is 1. The lowest BCUT2D eigenvalue weighted by atomic mass is 9.96. The van der Waals surface area contributed by atoms with Gasteiger partial charge in [0.15, 0.2) is 0 Å². The SMILES string of the molecule is Cc1ccc(NC(=O)[C@H]2CCCN(Cc3ccc(Cl)cc3)C2)cc1. The van der Waals surface area contributed by atoms with E-state index in [0.29, 0.717) is 0 Å². The summed E-state index contributed by atoms with van der Waals surface area (Å²) < 4.78 is 0. The Labute approximate surface area is 148 Å². The minimum atomic E-state index is 0.0485. The molecule has 2 aromatic rings. The summed E-state index contributed by atoms with van der Waals surface area (Å²) in [4.78, 5) is 14.9. The number of rotatable bonds is 4. The van der Waals surface area contributed by atoms with Gasteiger partial charge in [-0.1, -0.05) is 41.4 Å². The van der Waals surface area contributed by atoms with Crippen molar-refractivity contribution in [2.45, 2.75) is 26.3 Å². The smallest absolute Gasteiger partial charge is 0.228 e. The molecule has 0 spiro atoms. The third kappa shape index (κ3) is 4.59. The fraction of sp³-hybridized carbons (Fsp3) is 0.350. The molecule has 1 aliphatic rings. The van der Waals surface area contributed by atoms with Crippen LogP contribution in [0.15, 0.2) is 48.5 Å². The van der Waals surface area contributed by atoms with Gasteiger partial charge in [0.25, 0.3) is 0 Å². The summed E-state index contributed by atoms with van der Waals surface area (Å²) in [5.74, 6) is 0.173. The largest absolute Gasteiger partial charge is 0.326 e. The number of hydrogen-bond acceptors (Lipinski definition) is 2. The summed E-state index contributed by atoms with van der Waals surface area (Å²) in [6.45, 7) is 4.75. The van der Waals surface area contributed by atoms with Gasteiger partial charge in [-0.3, -0.25) is 9.69 Å². The summed E-state index contributed by atoms with van der Waals surface area (Å²) in [6.07, 6.45) is 2.01. The van der Waals surface area contributed by atoms with Gasteiger partial charge in [0.2, 0.25) is 5.91 Å². The van der Waals surface area contributed by atoms with Crippen LogP contribution in [0.25, 0.3) is 0 Å².